The molecule has 0 aliphatic carbocycles. The van der Waals surface area contributed by atoms with Crippen molar-refractivity contribution >= 4 is 11.6 Å². The van der Waals surface area contributed by atoms with Crippen LogP contribution in [0.3, 0.4) is 0 Å². The predicted octanol–water partition coefficient (Wildman–Crippen LogP) is 3.10. The summed E-state index contributed by atoms with van der Waals surface area (Å²) in [5, 5.41) is 1.99. The van der Waals surface area contributed by atoms with Crippen molar-refractivity contribution in [2.45, 2.75) is 25.7 Å². The first-order valence-electron chi connectivity index (χ1n) is 7.52. The van der Waals surface area contributed by atoms with E-state index >= 15 is 0 Å². The van der Waals surface area contributed by atoms with Crippen LogP contribution in [0.25, 0.3) is 0 Å². The van der Waals surface area contributed by atoms with E-state index in [1.54, 1.807) is 0 Å². The van der Waals surface area contributed by atoms with E-state index in [0.717, 1.165) is 31.5 Å². The van der Waals surface area contributed by atoms with Crippen molar-refractivity contribution < 1.29 is 4.79 Å². The van der Waals surface area contributed by atoms with Crippen LogP contribution < -0.4 is 10.4 Å². The van der Waals surface area contributed by atoms with Crippen molar-refractivity contribution in [3.05, 3.63) is 65.7 Å². The van der Waals surface area contributed by atoms with Crippen LogP contribution in [-0.4, -0.2) is 12.5 Å². The molecule has 2 aromatic carbocycles. The van der Waals surface area contributed by atoms with Gasteiger partial charge in [0.15, 0.2) is 0 Å². The number of carbonyl (C=O) groups is 1. The predicted molar refractivity (Wildman–Crippen MR) is 85.0 cm³/mol. The molecule has 0 unspecified atom stereocenters. The molecule has 1 aliphatic heterocycles. The van der Waals surface area contributed by atoms with Gasteiger partial charge in [0.25, 0.3) is 0 Å². The van der Waals surface area contributed by atoms with Gasteiger partial charge >= 0.3 is 0 Å². The van der Waals surface area contributed by atoms with Gasteiger partial charge in [-0.1, -0.05) is 48.5 Å². The van der Waals surface area contributed by atoms with E-state index in [4.69, 9.17) is 0 Å². The van der Waals surface area contributed by atoms with Crippen LogP contribution in [0.2, 0.25) is 0 Å². The molecule has 3 rings (SSSR count). The molecule has 1 N–H and O–H groups in total. The van der Waals surface area contributed by atoms with Crippen molar-refractivity contribution in [3.8, 4) is 0 Å². The zero-order valence-electron chi connectivity index (χ0n) is 12.1. The molecule has 108 valence electrons. The van der Waals surface area contributed by atoms with Gasteiger partial charge in [-0.2, -0.15) is 0 Å². The molecule has 2 aromatic rings. The summed E-state index contributed by atoms with van der Waals surface area (Å²) in [6, 6.07) is 18.4. The van der Waals surface area contributed by atoms with E-state index in [1.165, 1.54) is 11.1 Å². The van der Waals surface area contributed by atoms with Crippen molar-refractivity contribution in [1.29, 1.82) is 0 Å². The van der Waals surface area contributed by atoms with E-state index < -0.39 is 0 Å². The third-order valence-corrected chi connectivity index (χ3v) is 3.85. The Labute approximate surface area is 125 Å². The summed E-state index contributed by atoms with van der Waals surface area (Å²) in [7, 11) is 0. The zero-order valence-corrected chi connectivity index (χ0v) is 12.1. The Morgan fingerprint density at radius 2 is 1.81 bits per heavy atom. The molecule has 21 heavy (non-hydrogen) atoms. The number of amides is 1. The van der Waals surface area contributed by atoms with Gasteiger partial charge < -0.3 is 0 Å². The summed E-state index contributed by atoms with van der Waals surface area (Å²) in [5.41, 5.74) is 6.69. The maximum atomic E-state index is 12.1. The first kappa shape index (κ1) is 13.7. The van der Waals surface area contributed by atoms with Crippen LogP contribution in [0.15, 0.2) is 54.6 Å². The number of aryl methyl sites for hydroxylation is 2. The fourth-order valence-corrected chi connectivity index (χ4v) is 2.76. The maximum absolute atomic E-state index is 12.1. The average Bonchev–Trinajstić information content (AvgIpc) is 2.54. The van der Waals surface area contributed by atoms with E-state index in [2.05, 4.69) is 35.8 Å². The lowest BCUT2D eigenvalue weighted by atomic mass is 10.0. The molecular weight excluding hydrogens is 260 g/mol. The van der Waals surface area contributed by atoms with E-state index in [9.17, 15) is 4.79 Å². The number of anilines is 1. The summed E-state index contributed by atoms with van der Waals surface area (Å²) in [6.45, 7) is 0.883. The van der Waals surface area contributed by atoms with Gasteiger partial charge in [0, 0.05) is 13.0 Å². The molecule has 0 atom stereocenters. The highest BCUT2D eigenvalue weighted by Crippen LogP contribution is 2.24. The van der Waals surface area contributed by atoms with Crippen LogP contribution in [0.4, 0.5) is 5.69 Å². The Hall–Kier alpha value is -2.29. The van der Waals surface area contributed by atoms with E-state index in [-0.39, 0.29) is 5.91 Å². The molecule has 1 amide bonds. The van der Waals surface area contributed by atoms with Gasteiger partial charge in [-0.05, 0) is 36.5 Å². The Bertz CT molecular complexity index is 610. The number of para-hydroxylation sites is 1. The molecule has 0 fully saturated rings. The number of hydrazine groups is 1. The lowest BCUT2D eigenvalue weighted by Gasteiger charge is -2.31. The van der Waals surface area contributed by atoms with Gasteiger partial charge in [-0.3, -0.25) is 15.2 Å². The third-order valence-electron chi connectivity index (χ3n) is 3.85. The summed E-state index contributed by atoms with van der Waals surface area (Å²) in [5.74, 6) is 0.0792. The Balaban J connectivity index is 1.58. The van der Waals surface area contributed by atoms with Gasteiger partial charge in [0.05, 0.1) is 5.69 Å². The molecule has 3 nitrogen and oxygen atoms in total. The molecule has 1 heterocycles. The Kier molecular flexibility index (Phi) is 4.20. The van der Waals surface area contributed by atoms with Crippen LogP contribution in [-0.2, 0) is 17.6 Å². The van der Waals surface area contributed by atoms with Gasteiger partial charge in [0.1, 0.15) is 0 Å². The summed E-state index contributed by atoms with van der Waals surface area (Å²) < 4.78 is 0. The first-order chi connectivity index (χ1) is 10.3. The fraction of sp³-hybridized carbons (Fsp3) is 0.278. The van der Waals surface area contributed by atoms with Crippen LogP contribution >= 0.6 is 0 Å². The number of carbonyl (C=O) groups excluding carboxylic acids is 1. The van der Waals surface area contributed by atoms with Gasteiger partial charge in [-0.15, -0.1) is 0 Å². The lowest BCUT2D eigenvalue weighted by molar-refractivity contribution is -0.121. The second-order valence-corrected chi connectivity index (χ2v) is 5.40. The SMILES string of the molecule is O=C(CCc1ccccc1)NN1CCCc2ccccc21. The van der Waals surface area contributed by atoms with Crippen LogP contribution in [0.1, 0.15) is 24.0 Å². The summed E-state index contributed by atoms with van der Waals surface area (Å²) >= 11 is 0. The molecule has 0 aromatic heterocycles. The molecule has 0 radical (unpaired) electrons. The normalized spacial score (nSPS) is 13.6. The highest BCUT2D eigenvalue weighted by molar-refractivity contribution is 5.78. The first-order valence-corrected chi connectivity index (χ1v) is 7.52. The Morgan fingerprint density at radius 3 is 2.67 bits per heavy atom. The second-order valence-electron chi connectivity index (χ2n) is 5.40. The topological polar surface area (TPSA) is 32.3 Å². The molecule has 0 spiro atoms. The van der Waals surface area contributed by atoms with Crippen molar-refractivity contribution in [1.82, 2.24) is 5.43 Å². The number of fused-ring (bicyclic) bond motifs is 1. The highest BCUT2D eigenvalue weighted by Gasteiger charge is 2.17. The second kappa shape index (κ2) is 6.44. The Morgan fingerprint density at radius 1 is 1.05 bits per heavy atom. The third kappa shape index (κ3) is 3.43. The van der Waals surface area contributed by atoms with Crippen molar-refractivity contribution in [2.24, 2.45) is 0 Å². The van der Waals surface area contributed by atoms with Crippen LogP contribution in [0.5, 0.6) is 0 Å². The number of nitrogens with one attached hydrogen (secondary N) is 1. The fourth-order valence-electron chi connectivity index (χ4n) is 2.76. The quantitative estimate of drug-likeness (QED) is 0.933. The van der Waals surface area contributed by atoms with Crippen molar-refractivity contribution in [3.63, 3.8) is 0 Å². The molecule has 0 bridgehead atoms. The number of hydrogen-bond donors (Lipinski definition) is 1. The van der Waals surface area contributed by atoms with E-state index in [1.807, 2.05) is 29.3 Å². The monoisotopic (exact) mass is 280 g/mol. The number of benzene rings is 2. The zero-order chi connectivity index (χ0) is 14.5. The van der Waals surface area contributed by atoms with Crippen LogP contribution in [0, 0.1) is 0 Å². The summed E-state index contributed by atoms with van der Waals surface area (Å²) in [6.07, 6.45) is 3.47. The molecule has 3 heteroatoms. The largest absolute Gasteiger partial charge is 0.285 e. The minimum atomic E-state index is 0.0792. The number of rotatable bonds is 4. The smallest absolute Gasteiger partial charge is 0.238 e. The minimum Gasteiger partial charge on any atom is -0.285 e. The molecule has 1 aliphatic rings. The summed E-state index contributed by atoms with van der Waals surface area (Å²) in [4.78, 5) is 12.1. The minimum absolute atomic E-state index is 0.0792. The van der Waals surface area contributed by atoms with Gasteiger partial charge in [-0.25, -0.2) is 0 Å². The lowest BCUT2D eigenvalue weighted by Crippen LogP contribution is -2.45. The highest BCUT2D eigenvalue weighted by atomic mass is 16.2. The molecule has 0 saturated carbocycles. The van der Waals surface area contributed by atoms with E-state index in [0.29, 0.717) is 6.42 Å². The van der Waals surface area contributed by atoms with Gasteiger partial charge in [0.2, 0.25) is 5.91 Å². The average molecular weight is 280 g/mol. The molecule has 0 saturated heterocycles. The standard InChI is InChI=1S/C18H20N2O/c21-18(13-12-15-7-2-1-3-8-15)19-20-14-6-10-16-9-4-5-11-17(16)20/h1-5,7-9,11H,6,10,12-14H2,(H,19,21). The maximum Gasteiger partial charge on any atom is 0.238 e. The number of hydrogen-bond acceptors (Lipinski definition) is 2. The number of nitrogens with zero attached hydrogens (tertiary/aromatic N) is 1. The molecular formula is C18H20N2O. The van der Waals surface area contributed by atoms with Crippen molar-refractivity contribution in [2.75, 3.05) is 11.6 Å².